The van der Waals surface area contributed by atoms with E-state index in [1.165, 1.54) is 6.07 Å². The van der Waals surface area contributed by atoms with E-state index in [9.17, 15) is 15.3 Å². The number of rotatable bonds is 2. The number of aromatic hydroxyl groups is 3. The van der Waals surface area contributed by atoms with Crippen LogP contribution in [-0.2, 0) is 0 Å². The third kappa shape index (κ3) is 2.88. The van der Waals surface area contributed by atoms with Gasteiger partial charge in [-0.15, -0.1) is 0 Å². The number of hydrogen-bond acceptors (Lipinski definition) is 3. The molecule has 0 saturated heterocycles. The second-order valence-electron chi connectivity index (χ2n) is 4.53. The Morgan fingerprint density at radius 3 is 1.63 bits per heavy atom. The Bertz CT molecular complexity index is 605. The molecule has 0 amide bonds. The highest BCUT2D eigenvalue weighted by atomic mass is 16.3. The summed E-state index contributed by atoms with van der Waals surface area (Å²) >= 11 is 0. The van der Waals surface area contributed by atoms with E-state index in [0.29, 0.717) is 0 Å². The van der Waals surface area contributed by atoms with E-state index in [1.54, 1.807) is 24.3 Å². The average Bonchev–Trinajstić information content (AvgIpc) is 2.37. The number of phenolic OH excluding ortho intramolecular Hbond substituents is 3. The van der Waals surface area contributed by atoms with E-state index in [4.69, 9.17) is 0 Å². The maximum Gasteiger partial charge on any atom is 0.119 e. The minimum Gasteiger partial charge on any atom is -0.508 e. The van der Waals surface area contributed by atoms with Crippen LogP contribution in [0.1, 0.15) is 25.0 Å². The Hall–Kier alpha value is -2.42. The van der Waals surface area contributed by atoms with Crippen molar-refractivity contribution in [3.63, 3.8) is 0 Å². The molecule has 0 heterocycles. The van der Waals surface area contributed by atoms with Gasteiger partial charge in [0.25, 0.3) is 0 Å². The molecular weight excluding hydrogens is 240 g/mol. The predicted octanol–water partition coefficient (Wildman–Crippen LogP) is 3.75. The van der Waals surface area contributed by atoms with Crippen LogP contribution >= 0.6 is 0 Å². The molecule has 0 spiro atoms. The van der Waals surface area contributed by atoms with Crippen molar-refractivity contribution in [3.8, 4) is 17.2 Å². The third-order valence-corrected chi connectivity index (χ3v) is 3.20. The summed E-state index contributed by atoms with van der Waals surface area (Å²) in [7, 11) is 0. The monoisotopic (exact) mass is 256 g/mol. The van der Waals surface area contributed by atoms with Gasteiger partial charge < -0.3 is 15.3 Å². The Morgan fingerprint density at radius 2 is 1.11 bits per heavy atom. The Labute approximate surface area is 112 Å². The number of hydrogen-bond donors (Lipinski definition) is 3. The zero-order valence-corrected chi connectivity index (χ0v) is 10.9. The van der Waals surface area contributed by atoms with Gasteiger partial charge in [0, 0.05) is 6.07 Å². The average molecular weight is 256 g/mol. The standard InChI is InChI=1S/C16H16O3/c1-10(12-3-5-14(17)6-4-12)11(2)13-7-15(18)9-16(19)8-13/h3-9,17-19H,1-2H3. The minimum absolute atomic E-state index is 0.0351. The van der Waals surface area contributed by atoms with E-state index in [0.717, 1.165) is 22.3 Å². The van der Waals surface area contributed by atoms with Gasteiger partial charge in [0.1, 0.15) is 17.2 Å². The maximum atomic E-state index is 9.52. The molecule has 3 N–H and O–H groups in total. The van der Waals surface area contributed by atoms with Crippen LogP contribution in [0.2, 0.25) is 0 Å². The molecule has 0 aliphatic heterocycles. The molecular formula is C16H16O3. The predicted molar refractivity (Wildman–Crippen MR) is 76.0 cm³/mol. The van der Waals surface area contributed by atoms with Gasteiger partial charge in [0.2, 0.25) is 0 Å². The first-order valence-electron chi connectivity index (χ1n) is 5.97. The van der Waals surface area contributed by atoms with Gasteiger partial charge in [-0.2, -0.15) is 0 Å². The summed E-state index contributed by atoms with van der Waals surface area (Å²) < 4.78 is 0. The number of allylic oxidation sites excluding steroid dienone is 2. The topological polar surface area (TPSA) is 60.7 Å². The SMILES string of the molecule is CC(=C(C)c1cc(O)cc(O)c1)c1ccc(O)cc1. The zero-order chi connectivity index (χ0) is 14.0. The van der Waals surface area contributed by atoms with Gasteiger partial charge in [0.15, 0.2) is 0 Å². The number of benzene rings is 2. The summed E-state index contributed by atoms with van der Waals surface area (Å²) in [5.74, 6) is 0.296. The lowest BCUT2D eigenvalue weighted by Crippen LogP contribution is -1.86. The molecule has 98 valence electrons. The molecule has 0 bridgehead atoms. The van der Waals surface area contributed by atoms with Crippen LogP contribution in [0.5, 0.6) is 17.2 Å². The van der Waals surface area contributed by atoms with Crippen LogP contribution in [0.15, 0.2) is 42.5 Å². The lowest BCUT2D eigenvalue weighted by molar-refractivity contribution is 0.450. The van der Waals surface area contributed by atoms with E-state index in [-0.39, 0.29) is 17.2 Å². The van der Waals surface area contributed by atoms with Crippen molar-refractivity contribution in [2.75, 3.05) is 0 Å². The fraction of sp³-hybridized carbons (Fsp3) is 0.125. The van der Waals surface area contributed by atoms with E-state index in [2.05, 4.69) is 0 Å². The Kier molecular flexibility index (Phi) is 3.47. The first-order valence-corrected chi connectivity index (χ1v) is 5.97. The zero-order valence-electron chi connectivity index (χ0n) is 10.9. The molecule has 3 heteroatoms. The summed E-state index contributed by atoms with van der Waals surface area (Å²) in [6, 6.07) is 11.4. The minimum atomic E-state index is 0.0351. The summed E-state index contributed by atoms with van der Waals surface area (Å²) in [5, 5.41) is 28.3. The Morgan fingerprint density at radius 1 is 0.632 bits per heavy atom. The first kappa shape index (κ1) is 13.0. The van der Waals surface area contributed by atoms with Crippen LogP contribution in [0.25, 0.3) is 11.1 Å². The highest BCUT2D eigenvalue weighted by molar-refractivity contribution is 5.89. The molecule has 0 saturated carbocycles. The quantitative estimate of drug-likeness (QED) is 0.717. The summed E-state index contributed by atoms with van der Waals surface area (Å²) in [5.41, 5.74) is 3.73. The van der Waals surface area contributed by atoms with Gasteiger partial charge in [-0.3, -0.25) is 0 Å². The molecule has 0 fully saturated rings. The fourth-order valence-electron chi connectivity index (χ4n) is 1.96. The summed E-state index contributed by atoms with van der Waals surface area (Å²) in [4.78, 5) is 0. The van der Waals surface area contributed by atoms with Crippen LogP contribution < -0.4 is 0 Å². The van der Waals surface area contributed by atoms with Crippen LogP contribution in [0.3, 0.4) is 0 Å². The normalized spacial score (nSPS) is 12.1. The smallest absolute Gasteiger partial charge is 0.119 e. The van der Waals surface area contributed by atoms with E-state index >= 15 is 0 Å². The molecule has 0 aliphatic carbocycles. The molecule has 2 rings (SSSR count). The largest absolute Gasteiger partial charge is 0.508 e. The van der Waals surface area contributed by atoms with E-state index in [1.807, 2.05) is 26.0 Å². The van der Waals surface area contributed by atoms with Crippen molar-refractivity contribution in [1.29, 1.82) is 0 Å². The van der Waals surface area contributed by atoms with Gasteiger partial charge in [-0.05, 0) is 60.4 Å². The molecule has 2 aromatic rings. The second kappa shape index (κ2) is 5.06. The fourth-order valence-corrected chi connectivity index (χ4v) is 1.96. The molecule has 0 atom stereocenters. The molecule has 3 nitrogen and oxygen atoms in total. The first-order chi connectivity index (χ1) is 8.97. The second-order valence-corrected chi connectivity index (χ2v) is 4.53. The lowest BCUT2D eigenvalue weighted by atomic mass is 9.97. The molecule has 0 aromatic heterocycles. The van der Waals surface area contributed by atoms with Crippen molar-refractivity contribution in [1.82, 2.24) is 0 Å². The Balaban J connectivity index is 2.48. The van der Waals surface area contributed by atoms with Gasteiger partial charge in [-0.1, -0.05) is 12.1 Å². The van der Waals surface area contributed by atoms with Crippen LogP contribution in [0.4, 0.5) is 0 Å². The van der Waals surface area contributed by atoms with Gasteiger partial charge >= 0.3 is 0 Å². The van der Waals surface area contributed by atoms with Crippen LogP contribution in [-0.4, -0.2) is 15.3 Å². The highest BCUT2D eigenvalue weighted by Crippen LogP contribution is 2.30. The van der Waals surface area contributed by atoms with Gasteiger partial charge in [-0.25, -0.2) is 0 Å². The molecule has 0 aliphatic rings. The highest BCUT2D eigenvalue weighted by Gasteiger charge is 2.06. The third-order valence-electron chi connectivity index (χ3n) is 3.20. The van der Waals surface area contributed by atoms with Crippen molar-refractivity contribution >= 4 is 11.1 Å². The maximum absolute atomic E-state index is 9.52. The summed E-state index contributed by atoms with van der Waals surface area (Å²) in [6.45, 7) is 3.89. The van der Waals surface area contributed by atoms with Crippen molar-refractivity contribution in [2.45, 2.75) is 13.8 Å². The molecule has 0 radical (unpaired) electrons. The van der Waals surface area contributed by atoms with Crippen LogP contribution in [0, 0.1) is 0 Å². The lowest BCUT2D eigenvalue weighted by Gasteiger charge is -2.10. The molecule has 19 heavy (non-hydrogen) atoms. The van der Waals surface area contributed by atoms with Crippen molar-refractivity contribution < 1.29 is 15.3 Å². The van der Waals surface area contributed by atoms with Gasteiger partial charge in [0.05, 0.1) is 0 Å². The molecule has 0 unspecified atom stereocenters. The van der Waals surface area contributed by atoms with Crippen molar-refractivity contribution in [3.05, 3.63) is 53.6 Å². The van der Waals surface area contributed by atoms with Crippen molar-refractivity contribution in [2.24, 2.45) is 0 Å². The summed E-state index contributed by atoms with van der Waals surface area (Å²) in [6.07, 6.45) is 0. The molecule has 2 aromatic carbocycles. The van der Waals surface area contributed by atoms with E-state index < -0.39 is 0 Å². The number of phenols is 3.